The van der Waals surface area contributed by atoms with E-state index in [0.717, 1.165) is 17.4 Å². The summed E-state index contributed by atoms with van der Waals surface area (Å²) in [6, 6.07) is 11.5. The van der Waals surface area contributed by atoms with E-state index < -0.39 is 11.8 Å². The molecule has 0 fully saturated rings. The predicted molar refractivity (Wildman–Crippen MR) is 91.7 cm³/mol. The molecule has 2 N–H and O–H groups in total. The highest BCUT2D eigenvalue weighted by atomic mass is 35.5. The normalized spacial score (nSPS) is 10.7. The van der Waals surface area contributed by atoms with Crippen molar-refractivity contribution in [3.05, 3.63) is 59.5 Å². The molecule has 2 amide bonds. The molecule has 0 aliphatic heterocycles. The number of aryl methyl sites for hydroxylation is 1. The Hall–Kier alpha value is -2.53. The molecule has 23 heavy (non-hydrogen) atoms. The number of halogens is 2. The predicted octanol–water partition coefficient (Wildman–Crippen LogP) is 5.10. The van der Waals surface area contributed by atoms with Crippen molar-refractivity contribution in [2.45, 2.75) is 13.5 Å². The second-order valence-electron chi connectivity index (χ2n) is 5.05. The summed E-state index contributed by atoms with van der Waals surface area (Å²) in [5.41, 5.74) is 2.19. The molecule has 0 aliphatic carbocycles. The average Bonchev–Trinajstić information content (AvgIpc) is 2.89. The molecule has 0 saturated heterocycles. The van der Waals surface area contributed by atoms with Crippen molar-refractivity contribution in [1.29, 1.82) is 0 Å². The SMILES string of the molecule is CCn1cc(NC(=O)Nc2ccc(F)c(Cl)c2)c2ccccc21. The van der Waals surface area contributed by atoms with Gasteiger partial charge in [0.15, 0.2) is 0 Å². The Balaban J connectivity index is 1.81. The average molecular weight is 332 g/mol. The van der Waals surface area contributed by atoms with Gasteiger partial charge in [0.1, 0.15) is 5.82 Å². The van der Waals surface area contributed by atoms with Gasteiger partial charge in [0.25, 0.3) is 0 Å². The number of carbonyl (C=O) groups is 1. The number of anilines is 2. The van der Waals surface area contributed by atoms with Gasteiger partial charge < -0.3 is 15.2 Å². The number of aromatic nitrogens is 1. The summed E-state index contributed by atoms with van der Waals surface area (Å²) in [7, 11) is 0. The zero-order chi connectivity index (χ0) is 16.4. The second kappa shape index (κ2) is 6.30. The molecule has 1 aromatic heterocycles. The molecular formula is C17H15ClFN3O. The number of amides is 2. The Labute approximate surface area is 137 Å². The van der Waals surface area contributed by atoms with Crippen LogP contribution in [0.25, 0.3) is 10.9 Å². The largest absolute Gasteiger partial charge is 0.346 e. The molecule has 0 saturated carbocycles. The number of hydrogen-bond donors (Lipinski definition) is 2. The second-order valence-corrected chi connectivity index (χ2v) is 5.46. The Morgan fingerprint density at radius 2 is 2.00 bits per heavy atom. The maximum absolute atomic E-state index is 13.1. The number of fused-ring (bicyclic) bond motifs is 1. The summed E-state index contributed by atoms with van der Waals surface area (Å²) in [6.07, 6.45) is 1.89. The highest BCUT2D eigenvalue weighted by Crippen LogP contribution is 2.26. The summed E-state index contributed by atoms with van der Waals surface area (Å²) in [5, 5.41) is 6.38. The van der Waals surface area contributed by atoms with Gasteiger partial charge in [0.2, 0.25) is 0 Å². The highest BCUT2D eigenvalue weighted by Gasteiger charge is 2.11. The van der Waals surface area contributed by atoms with Crippen molar-refractivity contribution in [3.63, 3.8) is 0 Å². The van der Waals surface area contributed by atoms with E-state index in [1.54, 1.807) is 0 Å². The van der Waals surface area contributed by atoms with Crippen LogP contribution < -0.4 is 10.6 Å². The van der Waals surface area contributed by atoms with Crippen molar-refractivity contribution in [3.8, 4) is 0 Å². The number of nitrogens with one attached hydrogen (secondary N) is 2. The molecule has 4 nitrogen and oxygen atoms in total. The van der Waals surface area contributed by atoms with E-state index in [1.165, 1.54) is 18.2 Å². The molecular weight excluding hydrogens is 317 g/mol. The Bertz CT molecular complexity index is 875. The first-order chi connectivity index (χ1) is 11.1. The number of rotatable bonds is 3. The van der Waals surface area contributed by atoms with Crippen LogP contribution in [0.1, 0.15) is 6.92 Å². The lowest BCUT2D eigenvalue weighted by molar-refractivity contribution is 0.262. The van der Waals surface area contributed by atoms with Crippen LogP contribution in [0.15, 0.2) is 48.7 Å². The summed E-state index contributed by atoms with van der Waals surface area (Å²) in [5.74, 6) is -0.524. The van der Waals surface area contributed by atoms with Crippen molar-refractivity contribution in [2.24, 2.45) is 0 Å². The molecule has 118 valence electrons. The molecule has 1 heterocycles. The van der Waals surface area contributed by atoms with Gasteiger partial charge in [-0.25, -0.2) is 9.18 Å². The molecule has 0 aliphatic rings. The Morgan fingerprint density at radius 3 is 2.74 bits per heavy atom. The minimum atomic E-state index is -0.524. The zero-order valence-electron chi connectivity index (χ0n) is 12.4. The number of urea groups is 1. The third-order valence-corrected chi connectivity index (χ3v) is 3.84. The molecule has 6 heteroatoms. The first kappa shape index (κ1) is 15.4. The first-order valence-corrected chi connectivity index (χ1v) is 7.57. The fourth-order valence-corrected chi connectivity index (χ4v) is 2.65. The van der Waals surface area contributed by atoms with E-state index in [4.69, 9.17) is 11.6 Å². The van der Waals surface area contributed by atoms with E-state index in [9.17, 15) is 9.18 Å². The van der Waals surface area contributed by atoms with Gasteiger partial charge in [-0.15, -0.1) is 0 Å². The molecule has 0 atom stereocenters. The Kier molecular flexibility index (Phi) is 4.21. The van der Waals surface area contributed by atoms with E-state index in [-0.39, 0.29) is 5.02 Å². The summed E-state index contributed by atoms with van der Waals surface area (Å²) >= 11 is 5.71. The van der Waals surface area contributed by atoms with E-state index in [0.29, 0.717) is 11.4 Å². The van der Waals surface area contributed by atoms with Crippen LogP contribution in [0.2, 0.25) is 5.02 Å². The van der Waals surface area contributed by atoms with Crippen LogP contribution >= 0.6 is 11.6 Å². The van der Waals surface area contributed by atoms with Gasteiger partial charge >= 0.3 is 6.03 Å². The third kappa shape index (κ3) is 3.14. The summed E-state index contributed by atoms with van der Waals surface area (Å²) in [4.78, 5) is 12.2. The van der Waals surface area contributed by atoms with Gasteiger partial charge in [-0.2, -0.15) is 0 Å². The van der Waals surface area contributed by atoms with Gasteiger partial charge in [-0.1, -0.05) is 29.8 Å². The standard InChI is InChI=1S/C17H15ClFN3O/c1-2-22-10-15(12-5-3-4-6-16(12)22)21-17(23)20-11-7-8-14(19)13(18)9-11/h3-10H,2H2,1H3,(H2,20,21,23). The fraction of sp³-hybridized carbons (Fsp3) is 0.118. The smallest absolute Gasteiger partial charge is 0.323 e. The lowest BCUT2D eigenvalue weighted by Gasteiger charge is -2.07. The number of nitrogens with zero attached hydrogens (tertiary/aromatic N) is 1. The van der Waals surface area contributed by atoms with Crippen LogP contribution in [-0.2, 0) is 6.54 Å². The van der Waals surface area contributed by atoms with Gasteiger partial charge in [-0.3, -0.25) is 0 Å². The quantitative estimate of drug-likeness (QED) is 0.689. The number of benzene rings is 2. The molecule has 3 aromatic rings. The maximum Gasteiger partial charge on any atom is 0.323 e. The van der Waals surface area contributed by atoms with E-state index in [1.807, 2.05) is 37.4 Å². The molecule has 0 radical (unpaired) electrons. The highest BCUT2D eigenvalue weighted by molar-refractivity contribution is 6.31. The maximum atomic E-state index is 13.1. The minimum Gasteiger partial charge on any atom is -0.346 e. The monoisotopic (exact) mass is 331 g/mol. The summed E-state index contributed by atoms with van der Waals surface area (Å²) < 4.78 is 15.2. The van der Waals surface area contributed by atoms with Crippen molar-refractivity contribution < 1.29 is 9.18 Å². The topological polar surface area (TPSA) is 46.1 Å². The molecule has 3 rings (SSSR count). The molecule has 0 spiro atoms. The van der Waals surface area contributed by atoms with Gasteiger partial charge in [-0.05, 0) is 31.2 Å². The van der Waals surface area contributed by atoms with Crippen molar-refractivity contribution >= 4 is 39.9 Å². The number of carbonyl (C=O) groups excluding carboxylic acids is 1. The third-order valence-electron chi connectivity index (χ3n) is 3.55. The van der Waals surface area contributed by atoms with Crippen LogP contribution in [-0.4, -0.2) is 10.6 Å². The van der Waals surface area contributed by atoms with E-state index >= 15 is 0 Å². The fourth-order valence-electron chi connectivity index (χ4n) is 2.47. The number of para-hydroxylation sites is 1. The molecule has 0 bridgehead atoms. The molecule has 0 unspecified atom stereocenters. The van der Waals surface area contributed by atoms with Crippen LogP contribution in [0, 0.1) is 5.82 Å². The van der Waals surface area contributed by atoms with Gasteiger partial charge in [0, 0.05) is 23.8 Å². The van der Waals surface area contributed by atoms with Crippen LogP contribution in [0.4, 0.5) is 20.6 Å². The summed E-state index contributed by atoms with van der Waals surface area (Å²) in [6.45, 7) is 2.84. The van der Waals surface area contributed by atoms with E-state index in [2.05, 4.69) is 15.2 Å². The first-order valence-electron chi connectivity index (χ1n) is 7.19. The van der Waals surface area contributed by atoms with Crippen LogP contribution in [0.3, 0.4) is 0 Å². The van der Waals surface area contributed by atoms with Gasteiger partial charge in [0.05, 0.1) is 16.2 Å². The Morgan fingerprint density at radius 1 is 1.22 bits per heavy atom. The lowest BCUT2D eigenvalue weighted by atomic mass is 10.2. The van der Waals surface area contributed by atoms with Crippen LogP contribution in [0.5, 0.6) is 0 Å². The van der Waals surface area contributed by atoms with Crippen molar-refractivity contribution in [1.82, 2.24) is 4.57 Å². The van der Waals surface area contributed by atoms with Crippen molar-refractivity contribution in [2.75, 3.05) is 10.6 Å². The number of hydrogen-bond acceptors (Lipinski definition) is 1. The zero-order valence-corrected chi connectivity index (χ0v) is 13.2. The lowest BCUT2D eigenvalue weighted by Crippen LogP contribution is -2.19. The molecule has 2 aromatic carbocycles. The minimum absolute atomic E-state index is 0.0367.